The van der Waals surface area contributed by atoms with Crippen LogP contribution in [-0.2, 0) is 4.74 Å². The van der Waals surface area contributed by atoms with Crippen molar-refractivity contribution >= 4 is 5.82 Å². The second-order valence-corrected chi connectivity index (χ2v) is 5.05. The Morgan fingerprint density at radius 2 is 2.37 bits per heavy atom. The van der Waals surface area contributed by atoms with Crippen LogP contribution in [0.25, 0.3) is 0 Å². The van der Waals surface area contributed by atoms with Crippen molar-refractivity contribution in [1.29, 1.82) is 0 Å². The van der Waals surface area contributed by atoms with Crippen molar-refractivity contribution in [3.05, 3.63) is 41.8 Å². The number of hydrogen-bond donors (Lipinski definition) is 1. The van der Waals surface area contributed by atoms with E-state index in [2.05, 4.69) is 25.4 Å². The molecule has 1 aromatic rings. The third-order valence-electron chi connectivity index (χ3n) is 3.64. The lowest BCUT2D eigenvalue weighted by molar-refractivity contribution is -0.0137. The highest BCUT2D eigenvalue weighted by Gasteiger charge is 2.47. The summed E-state index contributed by atoms with van der Waals surface area (Å²) in [5, 5.41) is 0. The molecule has 1 fully saturated rings. The van der Waals surface area contributed by atoms with E-state index in [-0.39, 0.29) is 23.8 Å². The molecule has 4 atom stereocenters. The topological polar surface area (TPSA) is 70.1 Å². The Morgan fingerprint density at radius 3 is 2.84 bits per heavy atom. The summed E-state index contributed by atoms with van der Waals surface area (Å²) in [6.07, 6.45) is 2.10. The first-order valence-electron chi connectivity index (χ1n) is 6.44. The van der Waals surface area contributed by atoms with Crippen LogP contribution in [-0.4, -0.2) is 15.7 Å². The molecular formula is C14H20N3O2+. The molecule has 102 valence electrons. The third-order valence-corrected chi connectivity index (χ3v) is 3.64. The Labute approximate surface area is 113 Å². The van der Waals surface area contributed by atoms with Gasteiger partial charge in [0.2, 0.25) is 0 Å². The Balaban J connectivity index is 2.36. The fraction of sp³-hybridized carbons (Fsp3) is 0.500. The van der Waals surface area contributed by atoms with E-state index in [0.29, 0.717) is 0 Å². The minimum atomic E-state index is -0.410. The highest BCUT2D eigenvalue weighted by molar-refractivity contribution is 5.23. The molecule has 2 N–H and O–H groups in total. The summed E-state index contributed by atoms with van der Waals surface area (Å²) in [4.78, 5) is 15.6. The second kappa shape index (κ2) is 5.09. The highest BCUT2D eigenvalue weighted by atomic mass is 16.5. The molecule has 0 bridgehead atoms. The molecule has 4 unspecified atom stereocenters. The predicted octanol–water partition coefficient (Wildman–Crippen LogP) is 1.78. The van der Waals surface area contributed by atoms with E-state index >= 15 is 0 Å². The Hall–Kier alpha value is -1.75. The SMILES string of the molecule is C=C(C)C1C(CC)OC(n2ccc(N)nc2=O)C1[CH2+]. The first-order valence-corrected chi connectivity index (χ1v) is 6.44. The van der Waals surface area contributed by atoms with Gasteiger partial charge in [-0.3, -0.25) is 4.57 Å². The summed E-state index contributed by atoms with van der Waals surface area (Å²) in [7, 11) is 0. The first kappa shape index (κ1) is 13.7. The minimum Gasteiger partial charge on any atom is -0.383 e. The molecule has 1 aliphatic rings. The zero-order chi connectivity index (χ0) is 14.2. The summed E-state index contributed by atoms with van der Waals surface area (Å²) < 4.78 is 7.42. The number of rotatable bonds is 3. The van der Waals surface area contributed by atoms with E-state index in [1.165, 1.54) is 4.57 Å². The van der Waals surface area contributed by atoms with Crippen molar-refractivity contribution < 1.29 is 4.74 Å². The molecule has 0 spiro atoms. The Bertz CT molecular complexity index is 538. The zero-order valence-corrected chi connectivity index (χ0v) is 11.4. The maximum Gasteiger partial charge on any atom is 0.351 e. The maximum absolute atomic E-state index is 11.9. The van der Waals surface area contributed by atoms with Gasteiger partial charge in [0.15, 0.2) is 6.23 Å². The third kappa shape index (κ3) is 2.38. The van der Waals surface area contributed by atoms with Crippen LogP contribution in [0.1, 0.15) is 26.5 Å². The van der Waals surface area contributed by atoms with Gasteiger partial charge in [0.05, 0.1) is 18.9 Å². The van der Waals surface area contributed by atoms with Gasteiger partial charge >= 0.3 is 5.69 Å². The van der Waals surface area contributed by atoms with Crippen LogP contribution in [0, 0.1) is 18.8 Å². The molecule has 1 saturated heterocycles. The molecule has 2 heterocycles. The number of nitrogens with two attached hydrogens (primary N) is 1. The molecule has 5 nitrogen and oxygen atoms in total. The fourth-order valence-electron chi connectivity index (χ4n) is 2.74. The van der Waals surface area contributed by atoms with Crippen molar-refractivity contribution in [2.75, 3.05) is 5.73 Å². The van der Waals surface area contributed by atoms with Crippen LogP contribution >= 0.6 is 0 Å². The van der Waals surface area contributed by atoms with Gasteiger partial charge in [-0.15, -0.1) is 0 Å². The Morgan fingerprint density at radius 1 is 1.68 bits per heavy atom. The van der Waals surface area contributed by atoms with Crippen molar-refractivity contribution in [3.8, 4) is 0 Å². The van der Waals surface area contributed by atoms with Crippen LogP contribution in [0.5, 0.6) is 0 Å². The van der Waals surface area contributed by atoms with Gasteiger partial charge in [0, 0.05) is 6.20 Å². The molecule has 0 amide bonds. The van der Waals surface area contributed by atoms with Crippen LogP contribution in [0.15, 0.2) is 29.2 Å². The van der Waals surface area contributed by atoms with E-state index in [1.54, 1.807) is 12.3 Å². The number of ether oxygens (including phenoxy) is 1. The average Bonchev–Trinajstić information content (AvgIpc) is 2.66. The number of anilines is 1. The summed E-state index contributed by atoms with van der Waals surface area (Å²) >= 11 is 0. The van der Waals surface area contributed by atoms with Gasteiger partial charge in [0.1, 0.15) is 11.7 Å². The number of aromatic nitrogens is 2. The standard InChI is InChI=1S/C14H19N3O2/c1-5-10-12(8(2)3)9(4)13(19-10)17-7-6-11(15)16-14(17)18/h6-7,9-10,12-13H,2,4-5H2,1,3H3,(H-,15,16,18)/p+1. The molecule has 0 saturated carbocycles. The molecule has 0 aliphatic carbocycles. The van der Waals surface area contributed by atoms with E-state index in [0.717, 1.165) is 12.0 Å². The van der Waals surface area contributed by atoms with Crippen molar-refractivity contribution in [3.63, 3.8) is 0 Å². The maximum atomic E-state index is 11.9. The predicted molar refractivity (Wildman–Crippen MR) is 74.3 cm³/mol. The number of hydrogen-bond acceptors (Lipinski definition) is 4. The first-order chi connectivity index (χ1) is 8.95. The molecular weight excluding hydrogens is 242 g/mol. The zero-order valence-electron chi connectivity index (χ0n) is 11.4. The molecule has 1 aromatic heterocycles. The number of nitrogen functional groups attached to an aromatic ring is 1. The van der Waals surface area contributed by atoms with E-state index in [9.17, 15) is 4.79 Å². The molecule has 0 aromatic carbocycles. The van der Waals surface area contributed by atoms with Crippen molar-refractivity contribution in [2.24, 2.45) is 11.8 Å². The lowest BCUT2D eigenvalue weighted by atomic mass is 9.84. The van der Waals surface area contributed by atoms with Crippen LogP contribution < -0.4 is 11.4 Å². The largest absolute Gasteiger partial charge is 0.383 e. The van der Waals surface area contributed by atoms with E-state index in [1.807, 2.05) is 6.92 Å². The lowest BCUT2D eigenvalue weighted by Crippen LogP contribution is -2.30. The van der Waals surface area contributed by atoms with Gasteiger partial charge in [-0.25, -0.2) is 4.79 Å². The molecule has 0 radical (unpaired) electrons. The van der Waals surface area contributed by atoms with E-state index in [4.69, 9.17) is 10.5 Å². The highest BCUT2D eigenvalue weighted by Crippen LogP contribution is 2.42. The van der Waals surface area contributed by atoms with Crippen molar-refractivity contribution in [2.45, 2.75) is 32.6 Å². The fourth-order valence-corrected chi connectivity index (χ4v) is 2.74. The quantitative estimate of drug-likeness (QED) is 0.666. The van der Waals surface area contributed by atoms with Gasteiger partial charge in [0.25, 0.3) is 0 Å². The number of nitrogens with zero attached hydrogens (tertiary/aromatic N) is 2. The molecule has 1 aliphatic heterocycles. The van der Waals surface area contributed by atoms with Gasteiger partial charge < -0.3 is 10.5 Å². The Kier molecular flexibility index (Phi) is 3.66. The summed E-state index contributed by atoms with van der Waals surface area (Å²) in [6, 6.07) is 1.59. The van der Waals surface area contributed by atoms with Crippen LogP contribution in [0.2, 0.25) is 0 Å². The second-order valence-electron chi connectivity index (χ2n) is 5.05. The summed E-state index contributed by atoms with van der Waals surface area (Å²) in [5.41, 5.74) is 6.12. The lowest BCUT2D eigenvalue weighted by Gasteiger charge is -2.16. The normalized spacial score (nSPS) is 30.4. The summed E-state index contributed by atoms with van der Waals surface area (Å²) in [5.74, 6) is 0.299. The van der Waals surface area contributed by atoms with E-state index < -0.39 is 11.9 Å². The average molecular weight is 262 g/mol. The smallest absolute Gasteiger partial charge is 0.351 e. The van der Waals surface area contributed by atoms with Gasteiger partial charge in [-0.05, 0) is 19.4 Å². The molecule has 5 heteroatoms. The van der Waals surface area contributed by atoms with Crippen molar-refractivity contribution in [1.82, 2.24) is 9.55 Å². The molecule has 19 heavy (non-hydrogen) atoms. The molecule has 2 rings (SSSR count). The summed E-state index contributed by atoms with van der Waals surface area (Å²) in [6.45, 7) is 12.2. The van der Waals surface area contributed by atoms with Gasteiger partial charge in [-0.1, -0.05) is 19.1 Å². The van der Waals surface area contributed by atoms with Crippen LogP contribution in [0.4, 0.5) is 5.82 Å². The monoisotopic (exact) mass is 262 g/mol. The minimum absolute atomic E-state index is 0.0365. The van der Waals surface area contributed by atoms with Crippen LogP contribution in [0.3, 0.4) is 0 Å². The van der Waals surface area contributed by atoms with Gasteiger partial charge in [-0.2, -0.15) is 4.98 Å².